The van der Waals surface area contributed by atoms with Gasteiger partial charge in [-0.05, 0) is 31.6 Å². The molecule has 0 aromatic carbocycles. The maximum absolute atomic E-state index is 12.8. The molecular weight excluding hydrogens is 338 g/mol. The molecule has 0 aliphatic carbocycles. The molecule has 0 N–H and O–H groups in total. The molecular formula is C17H27N5O2S. The van der Waals surface area contributed by atoms with Gasteiger partial charge < -0.3 is 14.2 Å². The van der Waals surface area contributed by atoms with Crippen LogP contribution in [0.4, 0.5) is 0 Å². The second kappa shape index (κ2) is 7.63. The summed E-state index contributed by atoms with van der Waals surface area (Å²) in [5.41, 5.74) is 0. The molecule has 4 aliphatic rings. The highest BCUT2D eigenvalue weighted by molar-refractivity contribution is 7.99. The van der Waals surface area contributed by atoms with E-state index in [-0.39, 0.29) is 5.91 Å². The van der Waals surface area contributed by atoms with Crippen LogP contribution in [0.25, 0.3) is 0 Å². The van der Waals surface area contributed by atoms with Crippen LogP contribution in [0.15, 0.2) is 11.5 Å². The van der Waals surface area contributed by atoms with Crippen molar-refractivity contribution in [1.82, 2.24) is 24.6 Å². The molecule has 2 bridgehead atoms. The number of carbonyl (C=O) groups excluding carboxylic acids is 1. The van der Waals surface area contributed by atoms with E-state index in [1.807, 2.05) is 11.6 Å². The van der Waals surface area contributed by atoms with Gasteiger partial charge in [-0.1, -0.05) is 11.8 Å². The van der Waals surface area contributed by atoms with E-state index in [0.29, 0.717) is 23.8 Å². The summed E-state index contributed by atoms with van der Waals surface area (Å²) >= 11 is 1.49. The van der Waals surface area contributed by atoms with Crippen molar-refractivity contribution in [2.24, 2.45) is 13.0 Å². The molecule has 1 aromatic heterocycles. The Morgan fingerprint density at radius 3 is 2.80 bits per heavy atom. The van der Waals surface area contributed by atoms with Crippen molar-refractivity contribution in [1.29, 1.82) is 0 Å². The first-order chi connectivity index (χ1) is 12.2. The van der Waals surface area contributed by atoms with Gasteiger partial charge in [0.15, 0.2) is 5.16 Å². The molecule has 0 spiro atoms. The number of thioether (sulfide) groups is 1. The third kappa shape index (κ3) is 3.85. The number of aryl methyl sites for hydroxylation is 1. The summed E-state index contributed by atoms with van der Waals surface area (Å²) in [6.45, 7) is 4.85. The van der Waals surface area contributed by atoms with Crippen LogP contribution in [0.3, 0.4) is 0 Å². The molecule has 0 saturated carbocycles. The third-order valence-corrected chi connectivity index (χ3v) is 6.78. The molecule has 0 unspecified atom stereocenters. The second-order valence-corrected chi connectivity index (χ2v) is 8.40. The lowest BCUT2D eigenvalue weighted by Gasteiger charge is -2.37. The maximum Gasteiger partial charge on any atom is 0.233 e. The van der Waals surface area contributed by atoms with E-state index < -0.39 is 0 Å². The molecule has 1 aromatic rings. The Bertz CT molecular complexity index is 604. The number of ether oxygens (including phenoxy) is 1. The highest BCUT2D eigenvalue weighted by Crippen LogP contribution is 2.31. The Hall–Kier alpha value is -1.12. The fourth-order valence-electron chi connectivity index (χ4n) is 4.38. The first-order valence-corrected chi connectivity index (χ1v) is 10.3. The van der Waals surface area contributed by atoms with Crippen LogP contribution in [-0.2, 0) is 16.6 Å². The van der Waals surface area contributed by atoms with Gasteiger partial charge in [0.2, 0.25) is 5.91 Å². The molecule has 1 amide bonds. The van der Waals surface area contributed by atoms with Crippen molar-refractivity contribution >= 4 is 17.7 Å². The van der Waals surface area contributed by atoms with Gasteiger partial charge in [0.1, 0.15) is 6.33 Å². The number of amides is 1. The minimum Gasteiger partial charge on any atom is -0.381 e. The van der Waals surface area contributed by atoms with E-state index in [1.165, 1.54) is 18.2 Å². The molecule has 5 rings (SSSR count). The standard InChI is InChI=1S/C17H27N5O2S/c1-20-12-18-19-17(20)25-11-16(23)22-9-13-2-3-15(22)10-21(8-13)14-4-6-24-7-5-14/h12-15H,2-11H2,1H3/t13-,15+/m0/s1. The Balaban J connectivity index is 1.38. The maximum atomic E-state index is 12.8. The number of fused-ring (bicyclic) bond motifs is 4. The lowest BCUT2D eigenvalue weighted by molar-refractivity contribution is -0.132. The zero-order chi connectivity index (χ0) is 17.2. The number of aromatic nitrogens is 3. The van der Waals surface area contributed by atoms with Crippen LogP contribution in [0, 0.1) is 5.92 Å². The van der Waals surface area contributed by atoms with Gasteiger partial charge in [-0.2, -0.15) is 0 Å². The minimum absolute atomic E-state index is 0.247. The highest BCUT2D eigenvalue weighted by Gasteiger charge is 2.39. The van der Waals surface area contributed by atoms with Gasteiger partial charge in [-0.15, -0.1) is 10.2 Å². The monoisotopic (exact) mass is 365 g/mol. The van der Waals surface area contributed by atoms with Crippen molar-refractivity contribution < 1.29 is 9.53 Å². The molecule has 5 heterocycles. The molecule has 8 heteroatoms. The van der Waals surface area contributed by atoms with E-state index in [1.54, 1.807) is 6.33 Å². The average Bonchev–Trinajstić information content (AvgIpc) is 2.85. The van der Waals surface area contributed by atoms with Crippen molar-refractivity contribution in [2.75, 3.05) is 38.6 Å². The first kappa shape index (κ1) is 17.3. The predicted octanol–water partition coefficient (Wildman–Crippen LogP) is 1.01. The summed E-state index contributed by atoms with van der Waals surface area (Å²) in [5, 5.41) is 8.74. The van der Waals surface area contributed by atoms with Crippen LogP contribution in [0.1, 0.15) is 25.7 Å². The van der Waals surface area contributed by atoms with E-state index in [2.05, 4.69) is 20.0 Å². The summed E-state index contributed by atoms with van der Waals surface area (Å²) in [4.78, 5) is 17.6. The van der Waals surface area contributed by atoms with Gasteiger partial charge in [-0.3, -0.25) is 9.69 Å². The van der Waals surface area contributed by atoms with Gasteiger partial charge in [0.05, 0.1) is 5.75 Å². The molecule has 25 heavy (non-hydrogen) atoms. The van der Waals surface area contributed by atoms with E-state index in [9.17, 15) is 4.79 Å². The molecule has 0 radical (unpaired) electrons. The predicted molar refractivity (Wildman–Crippen MR) is 95.4 cm³/mol. The summed E-state index contributed by atoms with van der Waals surface area (Å²) < 4.78 is 7.38. The Morgan fingerprint density at radius 1 is 1.20 bits per heavy atom. The van der Waals surface area contributed by atoms with Gasteiger partial charge >= 0.3 is 0 Å². The van der Waals surface area contributed by atoms with Crippen LogP contribution in [0.2, 0.25) is 0 Å². The summed E-state index contributed by atoms with van der Waals surface area (Å²) in [6, 6.07) is 1.01. The average molecular weight is 366 g/mol. The van der Waals surface area contributed by atoms with E-state index in [4.69, 9.17) is 4.74 Å². The fourth-order valence-corrected chi connectivity index (χ4v) is 5.16. The van der Waals surface area contributed by atoms with Crippen LogP contribution >= 0.6 is 11.8 Å². The van der Waals surface area contributed by atoms with E-state index in [0.717, 1.165) is 57.3 Å². The van der Waals surface area contributed by atoms with Crippen molar-refractivity contribution in [3.63, 3.8) is 0 Å². The lowest BCUT2D eigenvalue weighted by atomic mass is 9.95. The number of hydrogen-bond donors (Lipinski definition) is 0. The number of rotatable bonds is 4. The first-order valence-electron chi connectivity index (χ1n) is 9.29. The molecule has 2 atom stereocenters. The fraction of sp³-hybridized carbons (Fsp3) is 0.824. The van der Waals surface area contributed by atoms with Crippen LogP contribution in [0.5, 0.6) is 0 Å². The third-order valence-electron chi connectivity index (χ3n) is 5.76. The largest absolute Gasteiger partial charge is 0.381 e. The molecule has 138 valence electrons. The lowest BCUT2D eigenvalue weighted by Crippen LogP contribution is -2.49. The minimum atomic E-state index is 0.247. The second-order valence-electron chi connectivity index (χ2n) is 7.45. The topological polar surface area (TPSA) is 63.5 Å². The van der Waals surface area contributed by atoms with Crippen LogP contribution in [-0.4, -0.2) is 81.2 Å². The quantitative estimate of drug-likeness (QED) is 0.742. The number of hydrogen-bond acceptors (Lipinski definition) is 6. The Kier molecular flexibility index (Phi) is 5.28. The normalized spacial score (nSPS) is 28.3. The molecule has 4 aliphatic heterocycles. The van der Waals surface area contributed by atoms with E-state index >= 15 is 0 Å². The zero-order valence-electron chi connectivity index (χ0n) is 14.8. The van der Waals surface area contributed by atoms with Crippen molar-refractivity contribution in [3.05, 3.63) is 6.33 Å². The van der Waals surface area contributed by atoms with Crippen molar-refractivity contribution in [3.8, 4) is 0 Å². The summed E-state index contributed by atoms with van der Waals surface area (Å²) in [5.74, 6) is 1.31. The highest BCUT2D eigenvalue weighted by atomic mass is 32.2. The summed E-state index contributed by atoms with van der Waals surface area (Å²) in [7, 11) is 1.91. The van der Waals surface area contributed by atoms with Gasteiger partial charge in [0.25, 0.3) is 0 Å². The Morgan fingerprint density at radius 2 is 2.04 bits per heavy atom. The van der Waals surface area contributed by atoms with Crippen molar-refractivity contribution in [2.45, 2.75) is 42.9 Å². The van der Waals surface area contributed by atoms with Gasteiger partial charge in [0, 0.05) is 52.0 Å². The summed E-state index contributed by atoms with van der Waals surface area (Å²) in [6.07, 6.45) is 6.34. The smallest absolute Gasteiger partial charge is 0.233 e. The van der Waals surface area contributed by atoms with Gasteiger partial charge in [-0.25, -0.2) is 0 Å². The molecule has 4 fully saturated rings. The molecule has 4 saturated heterocycles. The Labute approximate surface area is 153 Å². The number of nitrogens with zero attached hydrogens (tertiary/aromatic N) is 5. The number of piperidine rings is 1. The van der Waals surface area contributed by atoms with Crippen LogP contribution < -0.4 is 0 Å². The molecule has 7 nitrogen and oxygen atoms in total. The number of carbonyl (C=O) groups is 1. The zero-order valence-corrected chi connectivity index (χ0v) is 15.7. The SMILES string of the molecule is Cn1cnnc1SCC(=O)N1C[C@H]2CC[C@@H]1CN(C1CCOCC1)C2.